The number of imide groups is 1. The van der Waals surface area contributed by atoms with Gasteiger partial charge in [0.05, 0.1) is 24.6 Å². The Morgan fingerprint density at radius 2 is 1.59 bits per heavy atom. The molecule has 1 saturated heterocycles. The average molecular weight is 429 g/mol. The molecule has 1 aliphatic heterocycles. The van der Waals surface area contributed by atoms with Crippen LogP contribution in [0.1, 0.15) is 16.8 Å². The zero-order valence-corrected chi connectivity index (χ0v) is 17.6. The van der Waals surface area contributed by atoms with Gasteiger partial charge >= 0.3 is 0 Å². The fourth-order valence-corrected chi connectivity index (χ4v) is 5.93. The first kappa shape index (κ1) is 19.3. The number of rotatable bonds is 6. The van der Waals surface area contributed by atoms with E-state index in [9.17, 15) is 14.4 Å². The maximum absolute atomic E-state index is 13.3. The Hall–Kier alpha value is -3.41. The number of allylic oxidation sites excluding steroid dienone is 2. The monoisotopic (exact) mass is 429 g/mol. The van der Waals surface area contributed by atoms with Crippen molar-refractivity contribution in [1.29, 1.82) is 0 Å². The predicted octanol–water partition coefficient (Wildman–Crippen LogP) is 3.51. The second-order valence-electron chi connectivity index (χ2n) is 9.10. The number of nitrogens with zero attached hydrogens (tertiary/aromatic N) is 1. The molecule has 2 aromatic carbocycles. The Morgan fingerprint density at radius 3 is 2.22 bits per heavy atom. The Labute approximate surface area is 185 Å². The van der Waals surface area contributed by atoms with Crippen molar-refractivity contribution in [2.75, 3.05) is 18.6 Å². The predicted molar refractivity (Wildman–Crippen MR) is 116 cm³/mol. The Bertz CT molecular complexity index is 1120. The SMILES string of the molecule is COc1ccc(C(=O)COc2cccc(N3C(=O)[C@@H]4[C@@H]5C=C[C@@H]([C@H]6C[C@@H]56)[C@@H]4C3=O)c2)cc1. The van der Waals surface area contributed by atoms with Crippen LogP contribution in [0.2, 0.25) is 0 Å². The molecule has 162 valence electrons. The number of amides is 2. The summed E-state index contributed by atoms with van der Waals surface area (Å²) < 4.78 is 10.8. The lowest BCUT2D eigenvalue weighted by atomic mass is 9.63. The number of methoxy groups -OCH3 is 1. The summed E-state index contributed by atoms with van der Waals surface area (Å²) in [5.74, 6) is 1.82. The molecule has 2 amide bonds. The molecule has 6 heteroatoms. The number of benzene rings is 2. The van der Waals surface area contributed by atoms with Crippen LogP contribution in [0, 0.1) is 35.5 Å². The second-order valence-corrected chi connectivity index (χ2v) is 9.10. The van der Waals surface area contributed by atoms with E-state index in [1.165, 1.54) is 4.90 Å². The van der Waals surface area contributed by atoms with Crippen molar-refractivity contribution in [2.24, 2.45) is 35.5 Å². The minimum absolute atomic E-state index is 0.101. The first-order valence-electron chi connectivity index (χ1n) is 11.0. The summed E-state index contributed by atoms with van der Waals surface area (Å²) >= 11 is 0. The molecule has 2 saturated carbocycles. The molecule has 0 N–H and O–H groups in total. The van der Waals surface area contributed by atoms with Crippen LogP contribution in [0.4, 0.5) is 5.69 Å². The van der Waals surface area contributed by atoms with Crippen LogP contribution in [-0.2, 0) is 9.59 Å². The van der Waals surface area contributed by atoms with Crippen LogP contribution in [0.25, 0.3) is 0 Å². The van der Waals surface area contributed by atoms with E-state index < -0.39 is 0 Å². The summed E-state index contributed by atoms with van der Waals surface area (Å²) in [6.45, 7) is -0.139. The minimum Gasteiger partial charge on any atom is -0.497 e. The molecule has 0 spiro atoms. The number of anilines is 1. The van der Waals surface area contributed by atoms with Crippen molar-refractivity contribution in [3.05, 3.63) is 66.2 Å². The van der Waals surface area contributed by atoms with Crippen LogP contribution in [0.5, 0.6) is 11.5 Å². The molecule has 6 atom stereocenters. The first-order chi connectivity index (χ1) is 15.6. The largest absolute Gasteiger partial charge is 0.497 e. The normalized spacial score (nSPS) is 31.3. The molecule has 3 fully saturated rings. The number of hydrogen-bond donors (Lipinski definition) is 0. The van der Waals surface area contributed by atoms with E-state index in [2.05, 4.69) is 12.2 Å². The van der Waals surface area contributed by atoms with Gasteiger partial charge in [0.25, 0.3) is 0 Å². The molecule has 0 aromatic heterocycles. The second kappa shape index (κ2) is 7.05. The van der Waals surface area contributed by atoms with Crippen LogP contribution in [0.3, 0.4) is 0 Å². The highest BCUT2D eigenvalue weighted by Gasteiger charge is 2.67. The highest BCUT2D eigenvalue weighted by atomic mass is 16.5. The zero-order chi connectivity index (χ0) is 22.0. The van der Waals surface area contributed by atoms with E-state index in [4.69, 9.17) is 9.47 Å². The first-order valence-corrected chi connectivity index (χ1v) is 11.0. The minimum atomic E-state index is -0.234. The van der Waals surface area contributed by atoms with Gasteiger partial charge in [-0.3, -0.25) is 14.4 Å². The van der Waals surface area contributed by atoms with Gasteiger partial charge in [0.15, 0.2) is 12.4 Å². The number of Topliss-reactive ketones (excluding diaryl/α,β-unsaturated/α-hetero) is 1. The number of hydrogen-bond acceptors (Lipinski definition) is 5. The zero-order valence-electron chi connectivity index (χ0n) is 17.6. The quantitative estimate of drug-likeness (QED) is 0.399. The molecule has 0 radical (unpaired) electrons. The summed E-state index contributed by atoms with van der Waals surface area (Å²) in [5, 5.41) is 0. The smallest absolute Gasteiger partial charge is 0.238 e. The number of carbonyl (C=O) groups is 3. The maximum Gasteiger partial charge on any atom is 0.238 e. The van der Waals surface area contributed by atoms with Gasteiger partial charge in [0.2, 0.25) is 11.8 Å². The lowest BCUT2D eigenvalue weighted by Crippen LogP contribution is -2.40. The van der Waals surface area contributed by atoms with Crippen molar-refractivity contribution in [3.63, 3.8) is 0 Å². The van der Waals surface area contributed by atoms with Gasteiger partial charge in [-0.05, 0) is 66.5 Å². The van der Waals surface area contributed by atoms with Gasteiger partial charge in [-0.25, -0.2) is 4.90 Å². The fraction of sp³-hybridized carbons (Fsp3) is 0.346. The average Bonchev–Trinajstić information content (AvgIpc) is 3.61. The molecule has 4 aliphatic carbocycles. The molecule has 7 rings (SSSR count). The summed E-state index contributed by atoms with van der Waals surface area (Å²) in [6, 6.07) is 13.7. The van der Waals surface area contributed by atoms with Crippen LogP contribution < -0.4 is 14.4 Å². The van der Waals surface area contributed by atoms with E-state index in [0.29, 0.717) is 34.6 Å². The molecule has 32 heavy (non-hydrogen) atoms. The van der Waals surface area contributed by atoms with E-state index in [-0.39, 0.29) is 47.9 Å². The van der Waals surface area contributed by atoms with Crippen LogP contribution in [-0.4, -0.2) is 31.3 Å². The van der Waals surface area contributed by atoms with Gasteiger partial charge in [0, 0.05) is 11.6 Å². The summed E-state index contributed by atoms with van der Waals surface area (Å²) in [6.07, 6.45) is 5.47. The van der Waals surface area contributed by atoms with Gasteiger partial charge in [-0.15, -0.1) is 0 Å². The van der Waals surface area contributed by atoms with Crippen molar-refractivity contribution >= 4 is 23.3 Å². The van der Waals surface area contributed by atoms with Crippen molar-refractivity contribution in [3.8, 4) is 11.5 Å². The number of ether oxygens (including phenoxy) is 2. The van der Waals surface area contributed by atoms with Gasteiger partial charge in [0.1, 0.15) is 11.5 Å². The summed E-state index contributed by atoms with van der Waals surface area (Å²) in [4.78, 5) is 40.4. The highest BCUT2D eigenvalue weighted by molar-refractivity contribution is 6.22. The van der Waals surface area contributed by atoms with Gasteiger partial charge < -0.3 is 9.47 Å². The third-order valence-corrected chi connectivity index (χ3v) is 7.52. The van der Waals surface area contributed by atoms with E-state index in [1.807, 2.05) is 0 Å². The Balaban J connectivity index is 1.18. The standard InChI is InChI=1S/C26H23NO5/c1-31-16-7-5-14(6-8-16)22(28)13-32-17-4-2-3-15(11-17)27-25(29)23-18-9-10-19(21-12-20(18)21)24(23)26(27)30/h2-11,18-21,23-24H,12-13H2,1H3/t18-,19+,20+,21-,23-,24+. The van der Waals surface area contributed by atoms with Crippen molar-refractivity contribution in [1.82, 2.24) is 0 Å². The topological polar surface area (TPSA) is 72.9 Å². The van der Waals surface area contributed by atoms with E-state index in [0.717, 1.165) is 6.42 Å². The maximum atomic E-state index is 13.3. The molecule has 0 unspecified atom stereocenters. The van der Waals surface area contributed by atoms with Crippen molar-refractivity contribution in [2.45, 2.75) is 6.42 Å². The fourth-order valence-electron chi connectivity index (χ4n) is 5.93. The van der Waals surface area contributed by atoms with Gasteiger partial charge in [-0.1, -0.05) is 18.2 Å². The Kier molecular flexibility index (Phi) is 4.25. The molecular formula is C26H23NO5. The third kappa shape index (κ3) is 2.82. The molecule has 6 nitrogen and oxygen atoms in total. The Morgan fingerprint density at radius 1 is 0.938 bits per heavy atom. The third-order valence-electron chi connectivity index (χ3n) is 7.52. The van der Waals surface area contributed by atoms with E-state index >= 15 is 0 Å². The van der Waals surface area contributed by atoms with Crippen molar-refractivity contribution < 1.29 is 23.9 Å². The lowest BCUT2D eigenvalue weighted by Gasteiger charge is -2.37. The highest BCUT2D eigenvalue weighted by Crippen LogP contribution is 2.65. The lowest BCUT2D eigenvalue weighted by molar-refractivity contribution is -0.124. The summed E-state index contributed by atoms with van der Waals surface area (Å²) in [5.41, 5.74) is 1.04. The molecule has 2 aromatic rings. The van der Waals surface area contributed by atoms with Crippen LogP contribution >= 0.6 is 0 Å². The van der Waals surface area contributed by atoms with Crippen LogP contribution in [0.15, 0.2) is 60.7 Å². The molecule has 5 aliphatic rings. The molecule has 1 heterocycles. The summed E-state index contributed by atoms with van der Waals surface area (Å²) in [7, 11) is 1.57. The molecule has 2 bridgehead atoms. The number of ketones is 1. The molecular weight excluding hydrogens is 406 g/mol. The number of carbonyl (C=O) groups excluding carboxylic acids is 3. The van der Waals surface area contributed by atoms with E-state index in [1.54, 1.807) is 55.6 Å². The van der Waals surface area contributed by atoms with Gasteiger partial charge in [-0.2, -0.15) is 0 Å².